The summed E-state index contributed by atoms with van der Waals surface area (Å²) in [6.45, 7) is -0.374. The Morgan fingerprint density at radius 2 is 1.90 bits per heavy atom. The maximum absolute atomic E-state index is 11.8. The Hall–Kier alpha value is -2.54. The van der Waals surface area contributed by atoms with Crippen molar-refractivity contribution in [3.8, 4) is 0 Å². The molecule has 2 aromatic rings. The minimum atomic E-state index is -0.546. The summed E-state index contributed by atoms with van der Waals surface area (Å²) in [5, 5.41) is 14.2. The van der Waals surface area contributed by atoms with Crippen LogP contribution in [0.15, 0.2) is 41.1 Å². The Labute approximate surface area is 124 Å². The van der Waals surface area contributed by atoms with E-state index in [4.69, 9.17) is 4.74 Å². The van der Waals surface area contributed by atoms with Crippen molar-refractivity contribution in [3.63, 3.8) is 0 Å². The number of carbonyl (C=O) groups excluding carboxylic acids is 2. The molecular weight excluding hydrogens is 294 g/mol. The highest BCUT2D eigenvalue weighted by Crippen LogP contribution is 2.12. The zero-order valence-electron chi connectivity index (χ0n) is 10.9. The number of thiophene rings is 1. The molecule has 1 heterocycles. The number of ether oxygens (including phenoxy) is 1. The molecule has 0 saturated carbocycles. The van der Waals surface area contributed by atoms with Crippen molar-refractivity contribution in [2.75, 3.05) is 6.61 Å². The zero-order valence-corrected chi connectivity index (χ0v) is 11.7. The first-order chi connectivity index (χ1) is 10.1. The smallest absolute Gasteiger partial charge is 0.310 e. The maximum atomic E-state index is 11.8. The van der Waals surface area contributed by atoms with E-state index in [0.29, 0.717) is 0 Å². The van der Waals surface area contributed by atoms with Gasteiger partial charge in [0.15, 0.2) is 12.4 Å². The third-order valence-electron chi connectivity index (χ3n) is 2.69. The van der Waals surface area contributed by atoms with Crippen LogP contribution in [-0.4, -0.2) is 23.3 Å². The molecule has 1 aromatic carbocycles. The largest absolute Gasteiger partial charge is 0.457 e. The molecule has 0 saturated heterocycles. The molecule has 0 aliphatic carbocycles. The first-order valence-electron chi connectivity index (χ1n) is 6.00. The number of Topliss-reactive ketones (excluding diaryl/α,β-unsaturated/α-hetero) is 1. The van der Waals surface area contributed by atoms with Crippen molar-refractivity contribution < 1.29 is 19.2 Å². The molecule has 2 rings (SSSR count). The molecule has 0 unspecified atom stereocenters. The van der Waals surface area contributed by atoms with Crippen LogP contribution < -0.4 is 0 Å². The summed E-state index contributed by atoms with van der Waals surface area (Å²) in [5.41, 5.74) is 1.01. The molecule has 0 atom stereocenters. The van der Waals surface area contributed by atoms with Crippen LogP contribution in [0, 0.1) is 10.1 Å². The summed E-state index contributed by atoms with van der Waals surface area (Å²) < 4.78 is 4.89. The van der Waals surface area contributed by atoms with Gasteiger partial charge in [-0.3, -0.25) is 19.7 Å². The van der Waals surface area contributed by atoms with E-state index in [9.17, 15) is 19.7 Å². The highest BCUT2D eigenvalue weighted by molar-refractivity contribution is 7.07. The van der Waals surface area contributed by atoms with Crippen LogP contribution in [0.5, 0.6) is 0 Å². The van der Waals surface area contributed by atoms with E-state index in [0.717, 1.165) is 5.56 Å². The number of esters is 1. The molecule has 0 N–H and O–H groups in total. The normalized spacial score (nSPS) is 10.1. The van der Waals surface area contributed by atoms with Crippen LogP contribution in [-0.2, 0) is 16.0 Å². The van der Waals surface area contributed by atoms with Gasteiger partial charge in [-0.15, -0.1) is 0 Å². The SMILES string of the molecule is O=C(Cc1ccsc1)OCC(=O)c1ccc([N+](=O)[O-])cc1. The topological polar surface area (TPSA) is 86.5 Å². The second kappa shape index (κ2) is 6.76. The van der Waals surface area contributed by atoms with Crippen molar-refractivity contribution in [2.24, 2.45) is 0 Å². The van der Waals surface area contributed by atoms with E-state index in [1.54, 1.807) is 0 Å². The van der Waals surface area contributed by atoms with Crippen molar-refractivity contribution >= 4 is 28.8 Å². The average Bonchev–Trinajstić information content (AvgIpc) is 2.97. The first-order valence-corrected chi connectivity index (χ1v) is 6.95. The van der Waals surface area contributed by atoms with E-state index < -0.39 is 16.7 Å². The zero-order chi connectivity index (χ0) is 15.2. The van der Waals surface area contributed by atoms with Gasteiger partial charge in [-0.25, -0.2) is 0 Å². The van der Waals surface area contributed by atoms with Crippen LogP contribution >= 0.6 is 11.3 Å². The number of nitro groups is 1. The molecule has 1 aromatic heterocycles. The second-order valence-electron chi connectivity index (χ2n) is 4.20. The third-order valence-corrected chi connectivity index (χ3v) is 3.42. The number of nitrogens with zero attached hydrogens (tertiary/aromatic N) is 1. The quantitative estimate of drug-likeness (QED) is 0.354. The lowest BCUT2D eigenvalue weighted by Crippen LogP contribution is -2.15. The molecule has 6 nitrogen and oxygen atoms in total. The standard InChI is InChI=1S/C14H11NO5S/c16-13(11-1-3-12(4-2-11)15(18)19)8-20-14(17)7-10-5-6-21-9-10/h1-6,9H,7-8H2. The summed E-state index contributed by atoms with van der Waals surface area (Å²) in [4.78, 5) is 33.3. The Morgan fingerprint density at radius 1 is 1.19 bits per heavy atom. The van der Waals surface area contributed by atoms with Gasteiger partial charge in [-0.05, 0) is 34.5 Å². The molecule has 0 amide bonds. The molecule has 21 heavy (non-hydrogen) atoms. The van der Waals surface area contributed by atoms with E-state index in [2.05, 4.69) is 0 Å². The summed E-state index contributed by atoms with van der Waals surface area (Å²) in [5.74, 6) is -0.882. The fraction of sp³-hybridized carbons (Fsp3) is 0.143. The maximum Gasteiger partial charge on any atom is 0.310 e. The van der Waals surface area contributed by atoms with Gasteiger partial charge in [0.1, 0.15) is 0 Å². The lowest BCUT2D eigenvalue weighted by molar-refractivity contribution is -0.384. The Balaban J connectivity index is 1.86. The Morgan fingerprint density at radius 3 is 2.48 bits per heavy atom. The fourth-order valence-electron chi connectivity index (χ4n) is 1.61. The van der Waals surface area contributed by atoms with Crippen LogP contribution in [0.3, 0.4) is 0 Å². The fourth-order valence-corrected chi connectivity index (χ4v) is 2.28. The highest BCUT2D eigenvalue weighted by atomic mass is 32.1. The molecule has 0 radical (unpaired) electrons. The summed E-state index contributed by atoms with van der Waals surface area (Å²) in [6.07, 6.45) is 0.122. The predicted octanol–water partition coefficient (Wildman–Crippen LogP) is 2.62. The molecule has 108 valence electrons. The van der Waals surface area contributed by atoms with Crippen LogP contribution in [0.4, 0.5) is 5.69 Å². The van der Waals surface area contributed by atoms with Gasteiger partial charge in [0, 0.05) is 17.7 Å². The van der Waals surface area contributed by atoms with Gasteiger partial charge in [0.25, 0.3) is 5.69 Å². The van der Waals surface area contributed by atoms with E-state index in [1.807, 2.05) is 16.8 Å². The predicted molar refractivity (Wildman–Crippen MR) is 76.4 cm³/mol. The van der Waals surface area contributed by atoms with Crippen LogP contribution in [0.2, 0.25) is 0 Å². The molecule has 0 aliphatic heterocycles. The molecule has 0 spiro atoms. The van der Waals surface area contributed by atoms with Gasteiger partial charge in [0.2, 0.25) is 0 Å². The number of ketones is 1. The monoisotopic (exact) mass is 305 g/mol. The minimum absolute atomic E-state index is 0.0963. The summed E-state index contributed by atoms with van der Waals surface area (Å²) in [6, 6.07) is 6.96. The number of hydrogen-bond acceptors (Lipinski definition) is 6. The molecule has 0 bridgehead atoms. The highest BCUT2D eigenvalue weighted by Gasteiger charge is 2.12. The number of rotatable bonds is 6. The Kier molecular flexibility index (Phi) is 4.78. The third kappa shape index (κ3) is 4.22. The van der Waals surface area contributed by atoms with Crippen molar-refractivity contribution in [3.05, 3.63) is 62.3 Å². The van der Waals surface area contributed by atoms with Gasteiger partial charge < -0.3 is 4.74 Å². The van der Waals surface area contributed by atoms with Gasteiger partial charge in [-0.2, -0.15) is 11.3 Å². The molecule has 0 aliphatic rings. The second-order valence-corrected chi connectivity index (χ2v) is 4.98. The molecular formula is C14H11NO5S. The summed E-state index contributed by atoms with van der Waals surface area (Å²) >= 11 is 1.48. The lowest BCUT2D eigenvalue weighted by Gasteiger charge is -2.03. The van der Waals surface area contributed by atoms with Gasteiger partial charge >= 0.3 is 5.97 Å². The average molecular weight is 305 g/mol. The first kappa shape index (κ1) is 14.9. The van der Waals surface area contributed by atoms with E-state index >= 15 is 0 Å². The van der Waals surface area contributed by atoms with E-state index in [1.165, 1.54) is 35.6 Å². The van der Waals surface area contributed by atoms with Crippen molar-refractivity contribution in [1.29, 1.82) is 0 Å². The summed E-state index contributed by atoms with van der Waals surface area (Å²) in [7, 11) is 0. The van der Waals surface area contributed by atoms with Crippen LogP contribution in [0.25, 0.3) is 0 Å². The van der Waals surface area contributed by atoms with E-state index in [-0.39, 0.29) is 24.3 Å². The van der Waals surface area contributed by atoms with Gasteiger partial charge in [-0.1, -0.05) is 0 Å². The molecule has 0 fully saturated rings. The number of benzene rings is 1. The van der Waals surface area contributed by atoms with Gasteiger partial charge in [0.05, 0.1) is 11.3 Å². The minimum Gasteiger partial charge on any atom is -0.457 e. The Bertz CT molecular complexity index is 649. The lowest BCUT2D eigenvalue weighted by atomic mass is 10.1. The van der Waals surface area contributed by atoms with Crippen molar-refractivity contribution in [1.82, 2.24) is 0 Å². The number of carbonyl (C=O) groups is 2. The number of non-ortho nitro benzene ring substituents is 1. The number of nitro benzene ring substituents is 1. The van der Waals surface area contributed by atoms with Crippen molar-refractivity contribution in [2.45, 2.75) is 6.42 Å². The van der Waals surface area contributed by atoms with Crippen LogP contribution in [0.1, 0.15) is 15.9 Å². The number of hydrogen-bond donors (Lipinski definition) is 0. The molecule has 7 heteroatoms.